The van der Waals surface area contributed by atoms with E-state index in [1.165, 1.54) is 24.3 Å². The van der Waals surface area contributed by atoms with Crippen LogP contribution in [0.1, 0.15) is 55.4 Å². The maximum absolute atomic E-state index is 13.6. The Bertz CT molecular complexity index is 1240. The predicted octanol–water partition coefficient (Wildman–Crippen LogP) is 3.56. The van der Waals surface area contributed by atoms with Gasteiger partial charge in [-0.25, -0.2) is 14.4 Å². The molecule has 31 heavy (non-hydrogen) atoms. The van der Waals surface area contributed by atoms with E-state index in [2.05, 4.69) is 31.6 Å². The molecule has 5 rings (SSSR count). The molecular weight excluding hydrogens is 395 g/mol. The maximum Gasteiger partial charge on any atom is 0.269 e. The summed E-state index contributed by atoms with van der Waals surface area (Å²) in [6.07, 6.45) is 1.42. The van der Waals surface area contributed by atoms with Gasteiger partial charge in [0.15, 0.2) is 0 Å². The molecule has 2 aliphatic rings. The minimum atomic E-state index is -0.913. The lowest BCUT2D eigenvalue weighted by atomic mass is 9.63. The lowest BCUT2D eigenvalue weighted by Gasteiger charge is -2.39. The highest BCUT2D eigenvalue weighted by molar-refractivity contribution is 5.98. The van der Waals surface area contributed by atoms with Crippen molar-refractivity contribution in [2.45, 2.75) is 44.4 Å². The maximum atomic E-state index is 13.6. The monoisotopic (exact) mass is 418 g/mol. The first-order valence-corrected chi connectivity index (χ1v) is 10.3. The van der Waals surface area contributed by atoms with Crippen LogP contribution in [-0.4, -0.2) is 21.8 Å². The van der Waals surface area contributed by atoms with Crippen LogP contribution in [0.5, 0.6) is 0 Å². The molecule has 3 aromatic rings. The molecule has 2 N–H and O–H groups in total. The minimum absolute atomic E-state index is 0.257. The Labute approximate surface area is 179 Å². The average molecular weight is 418 g/mol. The summed E-state index contributed by atoms with van der Waals surface area (Å²) in [6, 6.07) is 12.8. The molecule has 0 aliphatic heterocycles. The molecule has 2 aliphatic carbocycles. The Morgan fingerprint density at radius 2 is 1.48 bits per heavy atom. The third-order valence-electron chi connectivity index (χ3n) is 7.73. The van der Waals surface area contributed by atoms with Crippen LogP contribution in [0.4, 0.5) is 4.39 Å². The highest BCUT2D eigenvalue weighted by Gasteiger charge is 2.73. The second kappa shape index (κ2) is 6.33. The van der Waals surface area contributed by atoms with E-state index in [0.29, 0.717) is 12.1 Å². The summed E-state index contributed by atoms with van der Waals surface area (Å²) < 4.78 is 13.1. The third-order valence-corrected chi connectivity index (χ3v) is 7.73. The van der Waals surface area contributed by atoms with Gasteiger partial charge in [-0.15, -0.1) is 0 Å². The van der Waals surface area contributed by atoms with Crippen molar-refractivity contribution in [1.29, 1.82) is 0 Å². The fourth-order valence-electron chi connectivity index (χ4n) is 5.44. The Kier molecular flexibility index (Phi) is 4.00. The molecule has 0 radical (unpaired) electrons. The number of rotatable bonds is 2. The Morgan fingerprint density at radius 3 is 2.13 bits per heavy atom. The van der Waals surface area contributed by atoms with Gasteiger partial charge in [-0.2, -0.15) is 0 Å². The SMILES string of the molecule is CC12CCC(C(=O)NNC(=O)c3ccc(F)cc3)(c3nc4ccccc4nc31)C2(C)C. The zero-order valence-electron chi connectivity index (χ0n) is 17.6. The first kappa shape index (κ1) is 19.6. The summed E-state index contributed by atoms with van der Waals surface area (Å²) in [7, 11) is 0. The quantitative estimate of drug-likeness (QED) is 0.624. The van der Waals surface area contributed by atoms with Gasteiger partial charge in [-0.3, -0.25) is 20.4 Å². The van der Waals surface area contributed by atoms with Gasteiger partial charge in [0.25, 0.3) is 11.8 Å². The summed E-state index contributed by atoms with van der Waals surface area (Å²) in [5.41, 5.74) is 6.80. The number of benzene rings is 2. The van der Waals surface area contributed by atoms with Crippen LogP contribution in [0.3, 0.4) is 0 Å². The van der Waals surface area contributed by atoms with Gasteiger partial charge in [0.1, 0.15) is 11.2 Å². The average Bonchev–Trinajstić information content (AvgIpc) is 3.06. The van der Waals surface area contributed by atoms with Gasteiger partial charge in [-0.05, 0) is 54.7 Å². The molecule has 1 aromatic heterocycles. The fourth-order valence-corrected chi connectivity index (χ4v) is 5.44. The van der Waals surface area contributed by atoms with Crippen molar-refractivity contribution < 1.29 is 14.0 Å². The fraction of sp³-hybridized carbons (Fsp3) is 0.333. The number of hydrazine groups is 1. The number of aromatic nitrogens is 2. The highest BCUT2D eigenvalue weighted by atomic mass is 19.1. The zero-order valence-corrected chi connectivity index (χ0v) is 17.6. The van der Waals surface area contributed by atoms with Gasteiger partial charge in [-0.1, -0.05) is 32.9 Å². The van der Waals surface area contributed by atoms with E-state index in [1.807, 2.05) is 24.3 Å². The molecule has 7 heteroatoms. The van der Waals surface area contributed by atoms with E-state index in [4.69, 9.17) is 9.97 Å². The highest BCUT2D eigenvalue weighted by Crippen LogP contribution is 2.70. The number of carbonyl (C=O) groups is 2. The van der Waals surface area contributed by atoms with Crippen LogP contribution in [-0.2, 0) is 15.6 Å². The van der Waals surface area contributed by atoms with Gasteiger partial charge in [0, 0.05) is 11.0 Å². The van der Waals surface area contributed by atoms with Crippen LogP contribution >= 0.6 is 0 Å². The molecular formula is C24H23FN4O2. The second-order valence-electron chi connectivity index (χ2n) is 9.19. The molecule has 2 amide bonds. The number of carbonyl (C=O) groups excluding carboxylic acids is 2. The molecule has 6 nitrogen and oxygen atoms in total. The number of para-hydroxylation sites is 2. The van der Waals surface area contributed by atoms with Crippen LogP contribution in [0.15, 0.2) is 48.5 Å². The lowest BCUT2D eigenvalue weighted by molar-refractivity contribution is -0.131. The van der Waals surface area contributed by atoms with E-state index in [9.17, 15) is 14.0 Å². The van der Waals surface area contributed by atoms with Crippen LogP contribution < -0.4 is 10.9 Å². The van der Waals surface area contributed by atoms with Crippen molar-refractivity contribution >= 4 is 22.8 Å². The molecule has 1 saturated carbocycles. The van der Waals surface area contributed by atoms with Gasteiger partial charge in [0.05, 0.1) is 22.4 Å². The summed E-state index contributed by atoms with van der Waals surface area (Å²) in [4.78, 5) is 35.9. The van der Waals surface area contributed by atoms with E-state index >= 15 is 0 Å². The van der Waals surface area contributed by atoms with E-state index < -0.39 is 22.6 Å². The predicted molar refractivity (Wildman–Crippen MR) is 114 cm³/mol. The topological polar surface area (TPSA) is 84.0 Å². The van der Waals surface area contributed by atoms with Gasteiger partial charge in [0.2, 0.25) is 0 Å². The minimum Gasteiger partial charge on any atom is -0.272 e. The Hall–Kier alpha value is -3.35. The van der Waals surface area contributed by atoms with Crippen molar-refractivity contribution in [3.05, 3.63) is 71.3 Å². The van der Waals surface area contributed by atoms with E-state index in [1.54, 1.807) is 0 Å². The van der Waals surface area contributed by atoms with Crippen molar-refractivity contribution in [1.82, 2.24) is 20.8 Å². The number of nitrogens with one attached hydrogen (secondary N) is 2. The Balaban J connectivity index is 1.52. The summed E-state index contributed by atoms with van der Waals surface area (Å²) in [5.74, 6) is -1.24. The molecule has 2 atom stereocenters. The Morgan fingerprint density at radius 1 is 0.871 bits per heavy atom. The molecule has 0 spiro atoms. The smallest absolute Gasteiger partial charge is 0.269 e. The number of fused-ring (bicyclic) bond motifs is 6. The van der Waals surface area contributed by atoms with Crippen molar-refractivity contribution in [3.8, 4) is 0 Å². The van der Waals surface area contributed by atoms with Crippen molar-refractivity contribution in [2.75, 3.05) is 0 Å². The summed E-state index contributed by atoms with van der Waals surface area (Å²) in [5, 5.41) is 0. The molecule has 2 unspecified atom stereocenters. The van der Waals surface area contributed by atoms with Gasteiger partial charge >= 0.3 is 0 Å². The number of nitrogens with zero attached hydrogens (tertiary/aromatic N) is 2. The van der Waals surface area contributed by atoms with Gasteiger partial charge < -0.3 is 0 Å². The number of halogens is 1. The number of hydrogen-bond acceptors (Lipinski definition) is 4. The first-order chi connectivity index (χ1) is 14.7. The summed E-state index contributed by atoms with van der Waals surface area (Å²) in [6.45, 7) is 6.30. The zero-order chi connectivity index (χ0) is 22.0. The third kappa shape index (κ3) is 2.43. The number of amides is 2. The molecule has 1 heterocycles. The molecule has 1 fully saturated rings. The van der Waals surface area contributed by atoms with Crippen molar-refractivity contribution in [2.24, 2.45) is 5.41 Å². The standard InChI is InChI=1S/C24H23FN4O2/c1-22(2)23(3)12-13-24(22,19-18(23)26-16-6-4-5-7-17(16)27-19)21(31)29-28-20(30)14-8-10-15(25)11-9-14/h4-11H,12-13H2,1-3H3,(H,28,30)(H,29,31). The molecule has 158 valence electrons. The van der Waals surface area contributed by atoms with Crippen LogP contribution in [0, 0.1) is 11.2 Å². The van der Waals surface area contributed by atoms with Crippen LogP contribution in [0.2, 0.25) is 0 Å². The van der Waals surface area contributed by atoms with E-state index in [-0.39, 0.29) is 16.9 Å². The van der Waals surface area contributed by atoms with E-state index in [0.717, 1.165) is 23.1 Å². The van der Waals surface area contributed by atoms with Crippen molar-refractivity contribution in [3.63, 3.8) is 0 Å². The molecule has 2 aromatic carbocycles. The summed E-state index contributed by atoms with van der Waals surface area (Å²) >= 11 is 0. The number of hydrogen-bond donors (Lipinski definition) is 2. The second-order valence-corrected chi connectivity index (χ2v) is 9.19. The largest absolute Gasteiger partial charge is 0.272 e. The molecule has 0 saturated heterocycles. The normalized spacial score (nSPS) is 25.3. The molecule has 2 bridgehead atoms. The lowest BCUT2D eigenvalue weighted by Crippen LogP contribution is -2.55. The van der Waals surface area contributed by atoms with Crippen LogP contribution in [0.25, 0.3) is 11.0 Å². The first-order valence-electron chi connectivity index (χ1n) is 10.3.